The van der Waals surface area contributed by atoms with Crippen molar-refractivity contribution >= 4 is 5.97 Å². The highest BCUT2D eigenvalue weighted by molar-refractivity contribution is 5.75. The van der Waals surface area contributed by atoms with Gasteiger partial charge in [-0.25, -0.2) is 4.79 Å². The third-order valence-electron chi connectivity index (χ3n) is 2.99. The number of halogens is 3. The first-order valence-electron chi connectivity index (χ1n) is 7.45. The average Bonchev–Trinajstić information content (AvgIpc) is 2.51. The Morgan fingerprint density at radius 2 is 2.00 bits per heavy atom. The lowest BCUT2D eigenvalue weighted by molar-refractivity contribution is -0.199. The number of rotatable bonds is 7. The fourth-order valence-corrected chi connectivity index (χ4v) is 1.84. The van der Waals surface area contributed by atoms with Crippen molar-refractivity contribution in [3.8, 4) is 11.8 Å². The van der Waals surface area contributed by atoms with E-state index in [1.807, 2.05) is 24.3 Å². The van der Waals surface area contributed by atoms with Crippen molar-refractivity contribution in [2.24, 2.45) is 5.73 Å². The van der Waals surface area contributed by atoms with Gasteiger partial charge < -0.3 is 10.5 Å². The number of nitrogens with two attached hydrogens (primary N) is 1. The zero-order chi connectivity index (χ0) is 17.1. The van der Waals surface area contributed by atoms with Gasteiger partial charge >= 0.3 is 12.1 Å². The van der Waals surface area contributed by atoms with Crippen LogP contribution in [0.4, 0.5) is 13.2 Å². The summed E-state index contributed by atoms with van der Waals surface area (Å²) in [7, 11) is 0. The summed E-state index contributed by atoms with van der Waals surface area (Å²) >= 11 is 0. The highest BCUT2D eigenvalue weighted by Crippen LogP contribution is 2.16. The molecule has 1 rings (SSSR count). The zero-order valence-corrected chi connectivity index (χ0v) is 12.8. The summed E-state index contributed by atoms with van der Waals surface area (Å²) in [4.78, 5) is 10.5. The molecule has 0 amide bonds. The molecule has 0 spiro atoms. The van der Waals surface area contributed by atoms with Gasteiger partial charge in [0.25, 0.3) is 0 Å². The fraction of sp³-hybridized carbons (Fsp3) is 0.471. The van der Waals surface area contributed by atoms with Gasteiger partial charge in [-0.3, -0.25) is 0 Å². The molecule has 0 saturated carbocycles. The molecule has 0 atom stereocenters. The van der Waals surface area contributed by atoms with Crippen molar-refractivity contribution in [2.45, 2.75) is 38.3 Å². The van der Waals surface area contributed by atoms with Gasteiger partial charge in [0, 0.05) is 12.0 Å². The zero-order valence-electron chi connectivity index (χ0n) is 12.8. The lowest BCUT2D eigenvalue weighted by atomic mass is 10.1. The molecule has 1 aromatic rings. The van der Waals surface area contributed by atoms with Gasteiger partial charge in [-0.15, -0.1) is 0 Å². The lowest BCUT2D eigenvalue weighted by Gasteiger charge is -2.05. The number of benzene rings is 1. The van der Waals surface area contributed by atoms with Crippen LogP contribution in [0.5, 0.6) is 0 Å². The second-order valence-corrected chi connectivity index (χ2v) is 4.99. The smallest absolute Gasteiger partial charge is 0.459 e. The van der Waals surface area contributed by atoms with E-state index in [-0.39, 0.29) is 6.61 Å². The molecule has 0 unspecified atom stereocenters. The maximum absolute atomic E-state index is 11.9. The molecule has 1 aromatic carbocycles. The van der Waals surface area contributed by atoms with E-state index in [9.17, 15) is 18.0 Å². The van der Waals surface area contributed by atoms with Crippen LogP contribution in [-0.4, -0.2) is 25.3 Å². The Bertz CT molecular complexity index is 559. The molecule has 2 N–H and O–H groups in total. The molecule has 0 fully saturated rings. The minimum absolute atomic E-state index is 0.241. The monoisotopic (exact) mass is 327 g/mol. The van der Waals surface area contributed by atoms with E-state index in [0.29, 0.717) is 25.8 Å². The summed E-state index contributed by atoms with van der Waals surface area (Å²) in [6.07, 6.45) is -1.62. The maximum atomic E-state index is 11.9. The highest BCUT2D eigenvalue weighted by atomic mass is 19.4. The summed E-state index contributed by atoms with van der Waals surface area (Å²) in [5.74, 6) is 3.84. The molecule has 23 heavy (non-hydrogen) atoms. The van der Waals surface area contributed by atoms with Crippen LogP contribution >= 0.6 is 0 Å². The van der Waals surface area contributed by atoms with Crippen molar-refractivity contribution in [1.82, 2.24) is 0 Å². The molecule has 0 bridgehead atoms. The van der Waals surface area contributed by atoms with Crippen LogP contribution in [0.15, 0.2) is 24.3 Å². The predicted molar refractivity (Wildman–Crippen MR) is 81.6 cm³/mol. The van der Waals surface area contributed by atoms with E-state index in [4.69, 9.17) is 5.73 Å². The van der Waals surface area contributed by atoms with Gasteiger partial charge in [-0.2, -0.15) is 13.2 Å². The molecule has 0 aliphatic carbocycles. The van der Waals surface area contributed by atoms with E-state index in [1.165, 1.54) is 5.56 Å². The Balaban J connectivity index is 2.26. The Labute approximate surface area is 134 Å². The standard InChI is InChI=1S/C17H20F3NO2/c18-17(19,20)16(22)23-12-4-2-1-3-7-14-8-5-9-15(13-14)10-6-11-21/h5,8-9,13H,1-2,4,6,10-12,21H2. The average molecular weight is 327 g/mol. The summed E-state index contributed by atoms with van der Waals surface area (Å²) in [5.41, 5.74) is 7.56. The fourth-order valence-electron chi connectivity index (χ4n) is 1.84. The van der Waals surface area contributed by atoms with Gasteiger partial charge in [0.05, 0.1) is 6.61 Å². The van der Waals surface area contributed by atoms with E-state index in [0.717, 1.165) is 18.4 Å². The Morgan fingerprint density at radius 3 is 2.70 bits per heavy atom. The highest BCUT2D eigenvalue weighted by Gasteiger charge is 2.40. The largest absolute Gasteiger partial charge is 0.490 e. The van der Waals surface area contributed by atoms with Crippen LogP contribution in [0.25, 0.3) is 0 Å². The Kier molecular flexibility index (Phi) is 8.20. The predicted octanol–water partition coefficient (Wildman–Crippen LogP) is 3.21. The number of carbonyl (C=O) groups is 1. The normalized spacial score (nSPS) is 10.8. The molecule has 0 aliphatic rings. The Hall–Kier alpha value is -2.00. The minimum Gasteiger partial charge on any atom is -0.459 e. The van der Waals surface area contributed by atoms with Crippen molar-refractivity contribution in [1.29, 1.82) is 0 Å². The molecule has 0 heterocycles. The first-order chi connectivity index (χ1) is 10.9. The number of esters is 1. The summed E-state index contributed by atoms with van der Waals surface area (Å²) in [6.45, 7) is 0.406. The minimum atomic E-state index is -4.92. The van der Waals surface area contributed by atoms with Crippen LogP contribution in [0.1, 0.15) is 36.8 Å². The SMILES string of the molecule is NCCCc1cccc(C#CCCCCOC(=O)C(F)(F)F)c1. The van der Waals surface area contributed by atoms with E-state index in [2.05, 4.69) is 16.6 Å². The van der Waals surface area contributed by atoms with Crippen molar-refractivity contribution < 1.29 is 22.7 Å². The van der Waals surface area contributed by atoms with Gasteiger partial charge in [-0.1, -0.05) is 24.0 Å². The van der Waals surface area contributed by atoms with Crippen LogP contribution in [-0.2, 0) is 16.0 Å². The molecule has 0 radical (unpaired) electrons. The molecule has 3 nitrogen and oxygen atoms in total. The molecule has 0 aromatic heterocycles. The number of alkyl halides is 3. The second kappa shape index (κ2) is 9.90. The molecule has 126 valence electrons. The summed E-state index contributed by atoms with van der Waals surface area (Å²) in [6, 6.07) is 7.88. The summed E-state index contributed by atoms with van der Waals surface area (Å²) < 4.78 is 39.7. The molecule has 0 aliphatic heterocycles. The second-order valence-electron chi connectivity index (χ2n) is 4.99. The number of unbranched alkanes of at least 4 members (excludes halogenated alkanes) is 2. The first kappa shape index (κ1) is 19.0. The third-order valence-corrected chi connectivity index (χ3v) is 2.99. The van der Waals surface area contributed by atoms with E-state index >= 15 is 0 Å². The van der Waals surface area contributed by atoms with Crippen molar-refractivity contribution in [2.75, 3.05) is 13.2 Å². The molecular formula is C17H20F3NO2. The molecular weight excluding hydrogens is 307 g/mol. The van der Waals surface area contributed by atoms with Crippen LogP contribution in [0.2, 0.25) is 0 Å². The lowest BCUT2D eigenvalue weighted by Crippen LogP contribution is -2.25. The van der Waals surface area contributed by atoms with Crippen molar-refractivity contribution in [3.63, 3.8) is 0 Å². The van der Waals surface area contributed by atoms with Gasteiger partial charge in [0.1, 0.15) is 0 Å². The van der Waals surface area contributed by atoms with Crippen molar-refractivity contribution in [3.05, 3.63) is 35.4 Å². The van der Waals surface area contributed by atoms with Gasteiger partial charge in [0.15, 0.2) is 0 Å². The molecule has 6 heteroatoms. The number of hydrogen-bond donors (Lipinski definition) is 1. The topological polar surface area (TPSA) is 52.3 Å². The van der Waals surface area contributed by atoms with E-state index in [1.54, 1.807) is 0 Å². The number of hydrogen-bond acceptors (Lipinski definition) is 3. The van der Waals surface area contributed by atoms with Gasteiger partial charge in [-0.05, 0) is 49.9 Å². The van der Waals surface area contributed by atoms with Crippen LogP contribution in [0, 0.1) is 11.8 Å². The summed E-state index contributed by atoms with van der Waals surface area (Å²) in [5, 5.41) is 0. The maximum Gasteiger partial charge on any atom is 0.490 e. The Morgan fingerprint density at radius 1 is 1.22 bits per heavy atom. The number of ether oxygens (including phenoxy) is 1. The van der Waals surface area contributed by atoms with Crippen LogP contribution in [0.3, 0.4) is 0 Å². The third kappa shape index (κ3) is 8.27. The van der Waals surface area contributed by atoms with Crippen LogP contribution < -0.4 is 5.73 Å². The quantitative estimate of drug-likeness (QED) is 0.475. The van der Waals surface area contributed by atoms with E-state index < -0.39 is 12.1 Å². The first-order valence-corrected chi connectivity index (χ1v) is 7.45. The number of carbonyl (C=O) groups excluding carboxylic acids is 1. The molecule has 0 saturated heterocycles. The van der Waals surface area contributed by atoms with Gasteiger partial charge in [0.2, 0.25) is 0 Å². The number of aryl methyl sites for hydroxylation is 1.